The number of carbonyl (C=O) groups is 1. The quantitative estimate of drug-likeness (QED) is 0.746. The number of fused-ring (bicyclic) bond motifs is 1. The van der Waals surface area contributed by atoms with Crippen LogP contribution in [0.15, 0.2) is 29.2 Å². The van der Waals surface area contributed by atoms with Crippen molar-refractivity contribution < 1.29 is 4.79 Å². The summed E-state index contributed by atoms with van der Waals surface area (Å²) in [5.74, 6) is 0. The monoisotopic (exact) mass is 247 g/mol. The first-order valence-corrected chi connectivity index (χ1v) is 7.22. The SMILES string of the molecule is O=C1Sc2ccccc2CN1C1CCCCC1. The lowest BCUT2D eigenvalue weighted by Gasteiger charge is -2.36. The number of thioether (sulfide) groups is 1. The zero-order chi connectivity index (χ0) is 11.7. The maximum atomic E-state index is 12.1. The Bertz CT molecular complexity index is 426. The summed E-state index contributed by atoms with van der Waals surface area (Å²) in [4.78, 5) is 15.4. The fraction of sp³-hybridized carbons (Fsp3) is 0.500. The summed E-state index contributed by atoms with van der Waals surface area (Å²) in [6.07, 6.45) is 6.27. The minimum Gasteiger partial charge on any atom is -0.326 e. The molecule has 17 heavy (non-hydrogen) atoms. The third-order valence-corrected chi connectivity index (χ3v) is 4.79. The van der Waals surface area contributed by atoms with Gasteiger partial charge in [-0.3, -0.25) is 4.79 Å². The van der Waals surface area contributed by atoms with Crippen molar-refractivity contribution in [1.29, 1.82) is 0 Å². The third kappa shape index (κ3) is 2.21. The van der Waals surface area contributed by atoms with Crippen molar-refractivity contribution in [2.45, 2.75) is 49.6 Å². The predicted molar refractivity (Wildman–Crippen MR) is 70.1 cm³/mol. The van der Waals surface area contributed by atoms with Crippen molar-refractivity contribution in [1.82, 2.24) is 4.90 Å². The molecule has 1 aromatic carbocycles. The van der Waals surface area contributed by atoms with Gasteiger partial charge in [0.15, 0.2) is 0 Å². The Morgan fingerprint density at radius 2 is 1.88 bits per heavy atom. The van der Waals surface area contributed by atoms with Gasteiger partial charge in [0.1, 0.15) is 0 Å². The molecule has 1 amide bonds. The minimum absolute atomic E-state index is 0.246. The first kappa shape index (κ1) is 11.1. The number of rotatable bonds is 1. The molecular formula is C14H17NOS. The fourth-order valence-corrected chi connectivity index (χ4v) is 3.73. The van der Waals surface area contributed by atoms with Crippen molar-refractivity contribution in [3.63, 3.8) is 0 Å². The van der Waals surface area contributed by atoms with Gasteiger partial charge < -0.3 is 4.90 Å². The second-order valence-corrected chi connectivity index (χ2v) is 5.89. The maximum Gasteiger partial charge on any atom is 0.287 e. The van der Waals surface area contributed by atoms with E-state index in [0.717, 1.165) is 11.4 Å². The number of carbonyl (C=O) groups excluding carboxylic acids is 1. The Hall–Kier alpha value is -0.960. The number of nitrogens with zero attached hydrogens (tertiary/aromatic N) is 1. The molecule has 1 aliphatic carbocycles. The summed E-state index contributed by atoms with van der Waals surface area (Å²) >= 11 is 1.40. The molecule has 2 aliphatic rings. The van der Waals surface area contributed by atoms with Crippen LogP contribution in [0.25, 0.3) is 0 Å². The van der Waals surface area contributed by atoms with Crippen LogP contribution in [-0.2, 0) is 6.54 Å². The molecule has 1 fully saturated rings. The molecule has 0 bridgehead atoms. The molecule has 0 saturated heterocycles. The molecular weight excluding hydrogens is 230 g/mol. The molecule has 3 rings (SSSR count). The molecule has 0 radical (unpaired) electrons. The van der Waals surface area contributed by atoms with E-state index in [2.05, 4.69) is 23.1 Å². The Morgan fingerprint density at radius 1 is 1.12 bits per heavy atom. The fourth-order valence-electron chi connectivity index (χ4n) is 2.81. The van der Waals surface area contributed by atoms with Crippen LogP contribution >= 0.6 is 11.8 Å². The minimum atomic E-state index is 0.246. The molecule has 90 valence electrons. The molecule has 1 saturated carbocycles. The van der Waals surface area contributed by atoms with E-state index in [4.69, 9.17) is 0 Å². The maximum absolute atomic E-state index is 12.1. The van der Waals surface area contributed by atoms with Crippen LogP contribution in [0.1, 0.15) is 37.7 Å². The number of amides is 1. The third-order valence-electron chi connectivity index (χ3n) is 3.76. The first-order valence-electron chi connectivity index (χ1n) is 6.41. The molecule has 2 nitrogen and oxygen atoms in total. The van der Waals surface area contributed by atoms with Crippen LogP contribution in [-0.4, -0.2) is 16.2 Å². The lowest BCUT2D eigenvalue weighted by atomic mass is 9.94. The number of hydrogen-bond acceptors (Lipinski definition) is 2. The molecule has 0 atom stereocenters. The second kappa shape index (κ2) is 4.73. The van der Waals surface area contributed by atoms with E-state index in [-0.39, 0.29) is 5.24 Å². The van der Waals surface area contributed by atoms with Crippen molar-refractivity contribution in [3.05, 3.63) is 29.8 Å². The van der Waals surface area contributed by atoms with E-state index in [1.807, 2.05) is 6.07 Å². The first-order chi connectivity index (χ1) is 8.34. The largest absolute Gasteiger partial charge is 0.326 e. The van der Waals surface area contributed by atoms with Gasteiger partial charge in [0.25, 0.3) is 5.24 Å². The van der Waals surface area contributed by atoms with Crippen LogP contribution in [0.4, 0.5) is 4.79 Å². The van der Waals surface area contributed by atoms with E-state index >= 15 is 0 Å². The van der Waals surface area contributed by atoms with Crippen molar-refractivity contribution >= 4 is 17.0 Å². The summed E-state index contributed by atoms with van der Waals surface area (Å²) in [7, 11) is 0. The molecule has 1 heterocycles. The molecule has 3 heteroatoms. The Morgan fingerprint density at radius 3 is 2.71 bits per heavy atom. The summed E-state index contributed by atoms with van der Waals surface area (Å²) in [6, 6.07) is 8.75. The van der Waals surface area contributed by atoms with Gasteiger partial charge in [-0.25, -0.2) is 0 Å². The van der Waals surface area contributed by atoms with Gasteiger partial charge in [-0.1, -0.05) is 37.5 Å². The van der Waals surface area contributed by atoms with Crippen molar-refractivity contribution in [2.75, 3.05) is 0 Å². The Balaban J connectivity index is 1.81. The Labute approximate surface area is 106 Å². The second-order valence-electron chi connectivity index (χ2n) is 4.90. The van der Waals surface area contributed by atoms with Gasteiger partial charge in [-0.05, 0) is 36.2 Å². The molecule has 1 aliphatic heterocycles. The number of benzene rings is 1. The van der Waals surface area contributed by atoms with Crippen LogP contribution in [0.3, 0.4) is 0 Å². The van der Waals surface area contributed by atoms with Gasteiger partial charge >= 0.3 is 0 Å². The summed E-state index contributed by atoms with van der Waals surface area (Å²) in [5, 5.41) is 0.246. The lowest BCUT2D eigenvalue weighted by molar-refractivity contribution is 0.170. The zero-order valence-corrected chi connectivity index (χ0v) is 10.7. The smallest absolute Gasteiger partial charge is 0.287 e. The highest BCUT2D eigenvalue weighted by Crippen LogP contribution is 2.35. The van der Waals surface area contributed by atoms with Gasteiger partial charge in [-0.2, -0.15) is 0 Å². The zero-order valence-electron chi connectivity index (χ0n) is 9.89. The number of hydrogen-bond donors (Lipinski definition) is 0. The topological polar surface area (TPSA) is 20.3 Å². The molecule has 0 unspecified atom stereocenters. The predicted octanol–water partition coefficient (Wildman–Crippen LogP) is 4.05. The normalized spacial score (nSPS) is 21.4. The molecule has 0 aromatic heterocycles. The highest BCUT2D eigenvalue weighted by molar-refractivity contribution is 8.13. The summed E-state index contributed by atoms with van der Waals surface area (Å²) in [6.45, 7) is 0.812. The van der Waals surface area contributed by atoms with E-state index in [9.17, 15) is 4.79 Å². The summed E-state index contributed by atoms with van der Waals surface area (Å²) < 4.78 is 0. The standard InChI is InChI=1S/C14H17NOS/c16-14-15(12-7-2-1-3-8-12)10-11-6-4-5-9-13(11)17-14/h4-6,9,12H,1-3,7-8,10H2. The van der Waals surface area contributed by atoms with Gasteiger partial charge in [-0.15, -0.1) is 0 Å². The lowest BCUT2D eigenvalue weighted by Crippen LogP contribution is -2.40. The van der Waals surface area contributed by atoms with Crippen molar-refractivity contribution in [3.8, 4) is 0 Å². The van der Waals surface area contributed by atoms with Crippen LogP contribution in [0, 0.1) is 0 Å². The van der Waals surface area contributed by atoms with Crippen LogP contribution < -0.4 is 0 Å². The molecule has 0 N–H and O–H groups in total. The van der Waals surface area contributed by atoms with E-state index < -0.39 is 0 Å². The van der Waals surface area contributed by atoms with Crippen LogP contribution in [0.2, 0.25) is 0 Å². The van der Waals surface area contributed by atoms with Gasteiger partial charge in [0, 0.05) is 17.5 Å². The van der Waals surface area contributed by atoms with Gasteiger partial charge in [0.2, 0.25) is 0 Å². The van der Waals surface area contributed by atoms with E-state index in [0.29, 0.717) is 6.04 Å². The van der Waals surface area contributed by atoms with Crippen molar-refractivity contribution in [2.24, 2.45) is 0 Å². The highest BCUT2D eigenvalue weighted by Gasteiger charge is 2.30. The average Bonchev–Trinajstić information content (AvgIpc) is 2.39. The molecule has 1 aromatic rings. The highest BCUT2D eigenvalue weighted by atomic mass is 32.2. The van der Waals surface area contributed by atoms with Crippen LogP contribution in [0.5, 0.6) is 0 Å². The van der Waals surface area contributed by atoms with Gasteiger partial charge in [0.05, 0.1) is 0 Å². The summed E-state index contributed by atoms with van der Waals surface area (Å²) in [5.41, 5.74) is 1.31. The molecule has 0 spiro atoms. The average molecular weight is 247 g/mol. The van der Waals surface area contributed by atoms with E-state index in [1.165, 1.54) is 49.4 Å². The van der Waals surface area contributed by atoms with E-state index in [1.54, 1.807) is 0 Å². The Kier molecular flexibility index (Phi) is 3.10.